The number of carbonyl (C=O) groups is 2. The van der Waals surface area contributed by atoms with Crippen LogP contribution in [-0.2, 0) is 28.5 Å². The van der Waals surface area contributed by atoms with E-state index in [4.69, 9.17) is 18.9 Å². The maximum Gasteiger partial charge on any atom is 0.306 e. The summed E-state index contributed by atoms with van der Waals surface area (Å²) >= 11 is 0. The standard InChI is InChI=1S/C47H78O10/c1-3-5-7-9-11-13-15-17-18-19-20-21-22-24-26-28-30-32-34-36-43(50)56-40(39-55-47-46(53)45(52)44(51)41(37-48)57-47)38-54-42(49)35-33-31-29-27-25-23-16-14-12-10-8-6-4-2/h5,7,11,13-14,16-18,20-21,24,26,40-41,44-48,51-53H,3-4,6,8-10,12,15,19,22-23,25,27-39H2,1-2H3/b7-5-,13-11-,16-14-,18-17-,21-20-,26-24-. The molecular weight excluding hydrogens is 725 g/mol. The Kier molecular flexibility index (Phi) is 34.2. The number of carbonyl (C=O) groups excluding carboxylic acids is 2. The van der Waals surface area contributed by atoms with E-state index in [2.05, 4.69) is 86.8 Å². The van der Waals surface area contributed by atoms with Gasteiger partial charge in [0.2, 0.25) is 0 Å². The molecule has 10 heteroatoms. The lowest BCUT2D eigenvalue weighted by atomic mass is 9.99. The number of ether oxygens (including phenoxy) is 4. The molecule has 0 aliphatic carbocycles. The number of allylic oxidation sites excluding steroid dienone is 12. The molecule has 326 valence electrons. The van der Waals surface area contributed by atoms with Crippen molar-refractivity contribution in [3.8, 4) is 0 Å². The Morgan fingerprint density at radius 2 is 1.04 bits per heavy atom. The summed E-state index contributed by atoms with van der Waals surface area (Å²) in [4.78, 5) is 25.3. The van der Waals surface area contributed by atoms with Crippen LogP contribution in [0.3, 0.4) is 0 Å². The maximum atomic E-state index is 12.8. The minimum Gasteiger partial charge on any atom is -0.462 e. The van der Waals surface area contributed by atoms with Crippen molar-refractivity contribution in [2.24, 2.45) is 0 Å². The number of esters is 2. The Bertz CT molecular complexity index is 1160. The molecule has 0 bridgehead atoms. The van der Waals surface area contributed by atoms with Crippen molar-refractivity contribution in [2.45, 2.75) is 192 Å². The lowest BCUT2D eigenvalue weighted by Gasteiger charge is -2.39. The summed E-state index contributed by atoms with van der Waals surface area (Å²) in [7, 11) is 0. The molecule has 0 saturated carbocycles. The lowest BCUT2D eigenvalue weighted by Crippen LogP contribution is -2.59. The fourth-order valence-corrected chi connectivity index (χ4v) is 6.09. The van der Waals surface area contributed by atoms with E-state index >= 15 is 0 Å². The van der Waals surface area contributed by atoms with Crippen molar-refractivity contribution in [3.63, 3.8) is 0 Å². The Morgan fingerprint density at radius 3 is 1.60 bits per heavy atom. The third-order valence-corrected chi connectivity index (χ3v) is 9.58. The summed E-state index contributed by atoms with van der Waals surface area (Å²) in [6, 6.07) is 0. The van der Waals surface area contributed by atoms with E-state index in [-0.39, 0.29) is 26.1 Å². The van der Waals surface area contributed by atoms with Gasteiger partial charge in [-0.3, -0.25) is 9.59 Å². The monoisotopic (exact) mass is 803 g/mol. The molecule has 0 amide bonds. The molecule has 0 aromatic heterocycles. The van der Waals surface area contributed by atoms with Crippen LogP contribution in [0.4, 0.5) is 0 Å². The highest BCUT2D eigenvalue weighted by Crippen LogP contribution is 2.22. The van der Waals surface area contributed by atoms with Crippen molar-refractivity contribution < 1.29 is 49.0 Å². The normalized spacial score (nSPS) is 21.0. The number of unbranched alkanes of at least 4 members (excludes halogenated alkanes) is 12. The van der Waals surface area contributed by atoms with Crippen molar-refractivity contribution >= 4 is 11.9 Å². The minimum atomic E-state index is -1.61. The molecule has 1 heterocycles. The average Bonchev–Trinajstić information content (AvgIpc) is 3.21. The molecule has 1 saturated heterocycles. The van der Waals surface area contributed by atoms with Crippen LogP contribution >= 0.6 is 0 Å². The average molecular weight is 803 g/mol. The molecule has 0 aromatic carbocycles. The highest BCUT2D eigenvalue weighted by molar-refractivity contribution is 5.70. The van der Waals surface area contributed by atoms with Gasteiger partial charge >= 0.3 is 11.9 Å². The van der Waals surface area contributed by atoms with Crippen LogP contribution in [-0.4, -0.2) is 89.0 Å². The topological polar surface area (TPSA) is 152 Å². The molecule has 1 fully saturated rings. The quantitative estimate of drug-likeness (QED) is 0.0277. The van der Waals surface area contributed by atoms with E-state index in [0.29, 0.717) is 12.8 Å². The first kappa shape index (κ1) is 52.2. The molecule has 57 heavy (non-hydrogen) atoms. The van der Waals surface area contributed by atoms with Gasteiger partial charge in [-0.25, -0.2) is 0 Å². The number of aliphatic hydroxyl groups is 4. The molecule has 4 N–H and O–H groups in total. The number of rotatable bonds is 35. The molecule has 1 rings (SSSR count). The predicted octanol–water partition coefficient (Wildman–Crippen LogP) is 9.22. The summed E-state index contributed by atoms with van der Waals surface area (Å²) in [6.45, 7) is 3.23. The fourth-order valence-electron chi connectivity index (χ4n) is 6.09. The van der Waals surface area contributed by atoms with E-state index in [0.717, 1.165) is 89.9 Å². The molecule has 0 radical (unpaired) electrons. The van der Waals surface area contributed by atoms with Crippen molar-refractivity contribution in [1.82, 2.24) is 0 Å². The van der Waals surface area contributed by atoms with Gasteiger partial charge in [0.15, 0.2) is 12.4 Å². The van der Waals surface area contributed by atoms with Gasteiger partial charge in [-0.15, -0.1) is 0 Å². The predicted molar refractivity (Wildman–Crippen MR) is 228 cm³/mol. The SMILES string of the molecule is CC/C=C\C/C=C\C/C=C\C/C=C\C/C=C\CCCCCC(=O)OC(COC(=O)CCCCCCC/C=C\CCCCCC)COC1OC(CO)C(O)C(O)C1O. The van der Waals surface area contributed by atoms with Crippen LogP contribution in [0.25, 0.3) is 0 Å². The summed E-state index contributed by atoms with van der Waals surface area (Å²) < 4.78 is 22.1. The summed E-state index contributed by atoms with van der Waals surface area (Å²) in [5.74, 6) is -0.861. The van der Waals surface area contributed by atoms with Crippen LogP contribution in [0.2, 0.25) is 0 Å². The molecule has 0 aromatic rings. The highest BCUT2D eigenvalue weighted by Gasteiger charge is 2.44. The van der Waals surface area contributed by atoms with Gasteiger partial charge in [0.25, 0.3) is 0 Å². The molecular formula is C47H78O10. The van der Waals surface area contributed by atoms with E-state index < -0.39 is 55.4 Å². The first-order chi connectivity index (χ1) is 27.8. The van der Waals surface area contributed by atoms with Crippen LogP contribution in [0.5, 0.6) is 0 Å². The van der Waals surface area contributed by atoms with Gasteiger partial charge in [0.1, 0.15) is 31.0 Å². The molecule has 1 aliphatic rings. The Hall–Kier alpha value is -2.86. The van der Waals surface area contributed by atoms with Crippen molar-refractivity contribution in [1.29, 1.82) is 0 Å². The van der Waals surface area contributed by atoms with Crippen LogP contribution < -0.4 is 0 Å². The molecule has 10 nitrogen and oxygen atoms in total. The zero-order chi connectivity index (χ0) is 41.6. The van der Waals surface area contributed by atoms with Gasteiger partial charge in [-0.2, -0.15) is 0 Å². The van der Waals surface area contributed by atoms with Crippen molar-refractivity contribution in [3.05, 3.63) is 72.9 Å². The summed E-state index contributed by atoms with van der Waals surface area (Å²) in [5.41, 5.74) is 0. The van der Waals surface area contributed by atoms with E-state index in [1.807, 2.05) is 0 Å². The lowest BCUT2D eigenvalue weighted by molar-refractivity contribution is -0.305. The van der Waals surface area contributed by atoms with Crippen LogP contribution in [0, 0.1) is 0 Å². The second-order valence-electron chi connectivity index (χ2n) is 14.8. The van der Waals surface area contributed by atoms with Crippen LogP contribution in [0.1, 0.15) is 155 Å². The molecule has 6 atom stereocenters. The first-order valence-corrected chi connectivity index (χ1v) is 22.0. The largest absolute Gasteiger partial charge is 0.462 e. The maximum absolute atomic E-state index is 12.8. The molecule has 6 unspecified atom stereocenters. The molecule has 0 spiro atoms. The summed E-state index contributed by atoms with van der Waals surface area (Å²) in [6.07, 6.45) is 39.0. The van der Waals surface area contributed by atoms with Gasteiger partial charge in [0.05, 0.1) is 13.2 Å². The van der Waals surface area contributed by atoms with Crippen LogP contribution in [0.15, 0.2) is 72.9 Å². The van der Waals surface area contributed by atoms with Gasteiger partial charge in [-0.1, -0.05) is 132 Å². The van der Waals surface area contributed by atoms with E-state index in [9.17, 15) is 30.0 Å². The zero-order valence-corrected chi connectivity index (χ0v) is 35.3. The first-order valence-electron chi connectivity index (χ1n) is 22.0. The van der Waals surface area contributed by atoms with E-state index in [1.165, 1.54) is 25.7 Å². The van der Waals surface area contributed by atoms with Crippen molar-refractivity contribution in [2.75, 3.05) is 19.8 Å². The number of hydrogen-bond acceptors (Lipinski definition) is 10. The minimum absolute atomic E-state index is 0.185. The Balaban J connectivity index is 2.38. The van der Waals surface area contributed by atoms with Gasteiger partial charge in [0, 0.05) is 12.8 Å². The number of aliphatic hydroxyl groups excluding tert-OH is 4. The Labute approximate surface area is 344 Å². The fraction of sp³-hybridized carbons (Fsp3) is 0.702. The zero-order valence-electron chi connectivity index (χ0n) is 35.3. The second-order valence-corrected chi connectivity index (χ2v) is 14.8. The Morgan fingerprint density at radius 1 is 0.561 bits per heavy atom. The second kappa shape index (κ2) is 37.4. The number of hydrogen-bond donors (Lipinski definition) is 4. The molecule has 1 aliphatic heterocycles. The van der Waals surface area contributed by atoms with Gasteiger partial charge < -0.3 is 39.4 Å². The highest BCUT2D eigenvalue weighted by atomic mass is 16.7. The third kappa shape index (κ3) is 29.1. The van der Waals surface area contributed by atoms with E-state index in [1.54, 1.807) is 0 Å². The van der Waals surface area contributed by atoms with Gasteiger partial charge in [-0.05, 0) is 83.5 Å². The third-order valence-electron chi connectivity index (χ3n) is 9.58. The smallest absolute Gasteiger partial charge is 0.306 e. The summed E-state index contributed by atoms with van der Waals surface area (Å²) in [5, 5.41) is 40.0.